The molecule has 3 aromatic rings. The average molecular weight is 387 g/mol. The van der Waals surface area contributed by atoms with E-state index in [9.17, 15) is 9.59 Å². The highest BCUT2D eigenvalue weighted by Gasteiger charge is 2.34. The molecule has 0 amide bonds. The van der Waals surface area contributed by atoms with E-state index in [0.29, 0.717) is 18.5 Å². The number of aldehydes is 1. The van der Waals surface area contributed by atoms with E-state index in [2.05, 4.69) is 28.7 Å². The molecule has 148 valence electrons. The highest BCUT2D eigenvalue weighted by molar-refractivity contribution is 6.00. The summed E-state index contributed by atoms with van der Waals surface area (Å²) in [6, 6.07) is 9.63. The van der Waals surface area contributed by atoms with Gasteiger partial charge in [-0.3, -0.25) is 14.6 Å². The second kappa shape index (κ2) is 7.32. The van der Waals surface area contributed by atoms with Gasteiger partial charge in [-0.1, -0.05) is 13.8 Å². The zero-order chi connectivity index (χ0) is 20.6. The van der Waals surface area contributed by atoms with Crippen molar-refractivity contribution in [1.82, 2.24) is 9.55 Å². The average Bonchev–Trinajstić information content (AvgIpc) is 3.02. The van der Waals surface area contributed by atoms with Gasteiger partial charge in [0.1, 0.15) is 0 Å². The molecule has 0 bridgehead atoms. The Morgan fingerprint density at radius 3 is 2.66 bits per heavy atom. The van der Waals surface area contributed by atoms with Crippen LogP contribution in [-0.4, -0.2) is 21.6 Å². The zero-order valence-electron chi connectivity index (χ0n) is 17.0. The smallest absolute Gasteiger partial charge is 0.165 e. The van der Waals surface area contributed by atoms with Crippen molar-refractivity contribution in [1.29, 1.82) is 0 Å². The second-order valence-corrected chi connectivity index (χ2v) is 8.54. The molecule has 5 heteroatoms. The van der Waals surface area contributed by atoms with Crippen LogP contribution in [0.25, 0.3) is 5.69 Å². The molecule has 4 rings (SSSR count). The van der Waals surface area contributed by atoms with E-state index in [1.54, 1.807) is 12.4 Å². The minimum absolute atomic E-state index is 0.0577. The summed E-state index contributed by atoms with van der Waals surface area (Å²) in [6.07, 6.45) is 7.82. The van der Waals surface area contributed by atoms with Crippen LogP contribution >= 0.6 is 0 Å². The van der Waals surface area contributed by atoms with Gasteiger partial charge in [0.15, 0.2) is 12.1 Å². The topological polar surface area (TPSA) is 64.0 Å². The van der Waals surface area contributed by atoms with Crippen molar-refractivity contribution < 1.29 is 9.59 Å². The summed E-state index contributed by atoms with van der Waals surface area (Å²) < 4.78 is 2.11. The molecule has 0 radical (unpaired) electrons. The number of aromatic nitrogens is 2. The van der Waals surface area contributed by atoms with Gasteiger partial charge in [-0.05, 0) is 60.2 Å². The Hall–Kier alpha value is -3.21. The Kier molecular flexibility index (Phi) is 4.82. The van der Waals surface area contributed by atoms with Crippen molar-refractivity contribution >= 4 is 17.8 Å². The van der Waals surface area contributed by atoms with E-state index in [1.807, 2.05) is 43.5 Å². The van der Waals surface area contributed by atoms with E-state index in [4.69, 9.17) is 0 Å². The fourth-order valence-corrected chi connectivity index (χ4v) is 4.16. The van der Waals surface area contributed by atoms with Crippen molar-refractivity contribution in [2.45, 2.75) is 40.2 Å². The van der Waals surface area contributed by atoms with Crippen LogP contribution < -0.4 is 5.32 Å². The normalized spacial score (nSPS) is 15.1. The Labute approximate surface area is 170 Å². The minimum atomic E-state index is -0.0577. The summed E-state index contributed by atoms with van der Waals surface area (Å²) in [5, 5.41) is 3.36. The number of ketones is 1. The molecule has 0 fully saturated rings. The Morgan fingerprint density at radius 2 is 1.93 bits per heavy atom. The molecular weight excluding hydrogens is 362 g/mol. The van der Waals surface area contributed by atoms with Crippen LogP contribution in [0.15, 0.2) is 48.9 Å². The van der Waals surface area contributed by atoms with Gasteiger partial charge in [0.05, 0.1) is 0 Å². The summed E-state index contributed by atoms with van der Waals surface area (Å²) in [7, 11) is 0. The summed E-state index contributed by atoms with van der Waals surface area (Å²) in [5.41, 5.74) is 6.28. The first-order chi connectivity index (χ1) is 13.9. The van der Waals surface area contributed by atoms with E-state index in [-0.39, 0.29) is 11.2 Å². The van der Waals surface area contributed by atoms with Crippen LogP contribution in [0.4, 0.5) is 5.69 Å². The second-order valence-electron chi connectivity index (χ2n) is 8.54. The van der Waals surface area contributed by atoms with Gasteiger partial charge in [-0.2, -0.15) is 0 Å². The van der Waals surface area contributed by atoms with Gasteiger partial charge in [-0.25, -0.2) is 0 Å². The minimum Gasteiger partial charge on any atom is -0.380 e. The number of nitrogens with zero attached hydrogens (tertiary/aromatic N) is 2. The van der Waals surface area contributed by atoms with Crippen LogP contribution in [0.3, 0.4) is 0 Å². The number of hydrogen-bond donors (Lipinski definition) is 1. The lowest BCUT2D eigenvalue weighted by Gasteiger charge is -2.30. The molecule has 2 heterocycles. The number of carbonyl (C=O) groups is 2. The molecule has 0 unspecified atom stereocenters. The van der Waals surface area contributed by atoms with Crippen LogP contribution in [0.5, 0.6) is 0 Å². The fourth-order valence-electron chi connectivity index (χ4n) is 4.16. The van der Waals surface area contributed by atoms with Crippen molar-refractivity contribution in [3.8, 4) is 5.69 Å². The SMILES string of the molecule is Cc1cn(-c2ccc(C=O)c(NCc3ccncc3)c2)c2c1C(=O)CC(C)(C)C2. The third-order valence-corrected chi connectivity index (χ3v) is 5.53. The van der Waals surface area contributed by atoms with Crippen molar-refractivity contribution in [3.05, 3.63) is 76.9 Å². The number of benzene rings is 1. The van der Waals surface area contributed by atoms with Gasteiger partial charge >= 0.3 is 0 Å². The highest BCUT2D eigenvalue weighted by Crippen LogP contribution is 2.38. The standard InChI is InChI=1S/C24H25N3O2/c1-16-14-27(21-11-24(2,3)12-22(29)23(16)21)19-5-4-18(15-28)20(10-19)26-13-17-6-8-25-9-7-17/h4-10,14-15,26H,11-13H2,1-3H3. The quantitative estimate of drug-likeness (QED) is 0.641. The maximum Gasteiger partial charge on any atom is 0.165 e. The van der Waals surface area contributed by atoms with Crippen LogP contribution in [0, 0.1) is 12.3 Å². The highest BCUT2D eigenvalue weighted by atomic mass is 16.1. The number of hydrogen-bond acceptors (Lipinski definition) is 4. The molecule has 1 N–H and O–H groups in total. The van der Waals surface area contributed by atoms with Gasteiger partial charge in [0.25, 0.3) is 0 Å². The Balaban J connectivity index is 1.72. The first-order valence-corrected chi connectivity index (χ1v) is 9.84. The zero-order valence-corrected chi connectivity index (χ0v) is 17.0. The number of nitrogens with one attached hydrogen (secondary N) is 1. The van der Waals surface area contributed by atoms with Gasteiger partial charge in [0.2, 0.25) is 0 Å². The third kappa shape index (κ3) is 3.73. The number of aryl methyl sites for hydroxylation is 1. The van der Waals surface area contributed by atoms with Gasteiger partial charge in [0, 0.05) is 59.8 Å². The molecule has 2 aromatic heterocycles. The third-order valence-electron chi connectivity index (χ3n) is 5.53. The molecule has 0 atom stereocenters. The molecule has 29 heavy (non-hydrogen) atoms. The maximum absolute atomic E-state index is 12.7. The summed E-state index contributed by atoms with van der Waals surface area (Å²) in [4.78, 5) is 28.3. The first-order valence-electron chi connectivity index (χ1n) is 9.84. The largest absolute Gasteiger partial charge is 0.380 e. The Morgan fingerprint density at radius 1 is 1.17 bits per heavy atom. The van der Waals surface area contributed by atoms with Crippen molar-refractivity contribution in [3.63, 3.8) is 0 Å². The monoisotopic (exact) mass is 387 g/mol. The number of anilines is 1. The lowest BCUT2D eigenvalue weighted by molar-refractivity contribution is 0.0910. The van der Waals surface area contributed by atoms with Crippen LogP contribution in [0.1, 0.15) is 57.8 Å². The Bertz CT molecular complexity index is 1080. The predicted octanol–water partition coefficient (Wildman–Crippen LogP) is 4.76. The van der Waals surface area contributed by atoms with E-state index in [0.717, 1.165) is 46.5 Å². The summed E-state index contributed by atoms with van der Waals surface area (Å²) in [6.45, 7) is 6.87. The summed E-state index contributed by atoms with van der Waals surface area (Å²) in [5.74, 6) is 0.216. The molecule has 5 nitrogen and oxygen atoms in total. The lowest BCUT2D eigenvalue weighted by atomic mass is 9.75. The molecular formula is C24H25N3O2. The van der Waals surface area contributed by atoms with Gasteiger partial charge < -0.3 is 9.88 Å². The first kappa shape index (κ1) is 19.1. The van der Waals surface area contributed by atoms with E-state index in [1.165, 1.54) is 0 Å². The van der Waals surface area contributed by atoms with Crippen LogP contribution in [0.2, 0.25) is 0 Å². The molecule has 1 aromatic carbocycles. The van der Waals surface area contributed by atoms with E-state index >= 15 is 0 Å². The molecule has 0 spiro atoms. The maximum atomic E-state index is 12.7. The number of Topliss-reactive ketones (excluding diaryl/α,β-unsaturated/α-hetero) is 1. The molecule has 0 saturated heterocycles. The molecule has 0 aliphatic heterocycles. The summed E-state index contributed by atoms with van der Waals surface area (Å²) >= 11 is 0. The van der Waals surface area contributed by atoms with Crippen molar-refractivity contribution in [2.75, 3.05) is 5.32 Å². The number of carbonyl (C=O) groups excluding carboxylic acids is 2. The lowest BCUT2D eigenvalue weighted by Crippen LogP contribution is -2.28. The number of pyridine rings is 1. The van der Waals surface area contributed by atoms with Crippen LogP contribution in [-0.2, 0) is 13.0 Å². The molecule has 0 saturated carbocycles. The fraction of sp³-hybridized carbons (Fsp3) is 0.292. The van der Waals surface area contributed by atoms with Crippen molar-refractivity contribution in [2.24, 2.45) is 5.41 Å². The van der Waals surface area contributed by atoms with E-state index < -0.39 is 0 Å². The molecule has 1 aliphatic rings. The molecule has 1 aliphatic carbocycles. The predicted molar refractivity (Wildman–Crippen MR) is 114 cm³/mol. The number of fused-ring (bicyclic) bond motifs is 1. The van der Waals surface area contributed by atoms with Gasteiger partial charge in [-0.15, -0.1) is 0 Å². The number of rotatable bonds is 5.